The highest BCUT2D eigenvalue weighted by Crippen LogP contribution is 2.22. The molecule has 18 heavy (non-hydrogen) atoms. The van der Waals surface area contributed by atoms with Crippen LogP contribution in [-0.4, -0.2) is 21.3 Å². The Balaban J connectivity index is 1.76. The Morgan fingerprint density at radius 3 is 3.00 bits per heavy atom. The Bertz CT molecular complexity index is 645. The Morgan fingerprint density at radius 2 is 2.28 bits per heavy atom. The van der Waals surface area contributed by atoms with Gasteiger partial charge in [0.25, 0.3) is 11.8 Å². The van der Waals surface area contributed by atoms with E-state index in [0.717, 1.165) is 5.56 Å². The fourth-order valence-electron chi connectivity index (χ4n) is 1.27. The molecule has 0 unspecified atom stereocenters. The second-order valence-electron chi connectivity index (χ2n) is 3.26. The Kier molecular flexibility index (Phi) is 2.61. The topological polar surface area (TPSA) is 94.1 Å². The lowest BCUT2D eigenvalue weighted by Crippen LogP contribution is -2.11. The van der Waals surface area contributed by atoms with Crippen LogP contribution < -0.4 is 5.32 Å². The third-order valence-corrected chi connectivity index (χ3v) is 2.76. The number of hydrogen-bond acceptors (Lipinski definition) is 7. The highest BCUT2D eigenvalue weighted by atomic mass is 32.1. The highest BCUT2D eigenvalue weighted by molar-refractivity contribution is 7.08. The smallest absolute Gasteiger partial charge is 0.322 e. The maximum absolute atomic E-state index is 11.6. The average molecular weight is 262 g/mol. The highest BCUT2D eigenvalue weighted by Gasteiger charge is 2.15. The number of hydrogen-bond donors (Lipinski definition) is 1. The molecule has 1 amide bonds. The summed E-state index contributed by atoms with van der Waals surface area (Å²) in [6.45, 7) is 0. The van der Waals surface area contributed by atoms with Gasteiger partial charge in [-0.1, -0.05) is 10.3 Å². The molecule has 0 aliphatic carbocycles. The van der Waals surface area contributed by atoms with Crippen LogP contribution >= 0.6 is 11.3 Å². The number of amides is 1. The van der Waals surface area contributed by atoms with E-state index in [4.69, 9.17) is 8.94 Å². The standard InChI is InChI=1S/C10H6N4O3S/c15-8(7-1-3-11-17-7)12-10-14-13-9(16-10)6-2-4-18-5-6/h1-5H,(H,12,14,15). The number of aromatic nitrogens is 3. The Morgan fingerprint density at radius 1 is 1.33 bits per heavy atom. The van der Waals surface area contributed by atoms with Crippen molar-refractivity contribution in [1.29, 1.82) is 0 Å². The quantitative estimate of drug-likeness (QED) is 0.776. The van der Waals surface area contributed by atoms with Crippen molar-refractivity contribution in [2.45, 2.75) is 0 Å². The van der Waals surface area contributed by atoms with Crippen LogP contribution in [0.3, 0.4) is 0 Å². The first-order valence-electron chi connectivity index (χ1n) is 4.91. The molecule has 0 aromatic carbocycles. The first-order chi connectivity index (χ1) is 8.83. The predicted octanol–water partition coefficient (Wildman–Crippen LogP) is 2.04. The lowest BCUT2D eigenvalue weighted by atomic mass is 10.3. The van der Waals surface area contributed by atoms with Gasteiger partial charge in [-0.15, -0.1) is 5.10 Å². The summed E-state index contributed by atoms with van der Waals surface area (Å²) < 4.78 is 9.98. The fourth-order valence-corrected chi connectivity index (χ4v) is 1.90. The molecular weight excluding hydrogens is 256 g/mol. The van der Waals surface area contributed by atoms with Gasteiger partial charge in [0.2, 0.25) is 5.76 Å². The van der Waals surface area contributed by atoms with Gasteiger partial charge >= 0.3 is 6.01 Å². The summed E-state index contributed by atoms with van der Waals surface area (Å²) >= 11 is 1.52. The average Bonchev–Trinajstić information content (AvgIpc) is 3.12. The van der Waals surface area contributed by atoms with Gasteiger partial charge < -0.3 is 8.94 Å². The third kappa shape index (κ3) is 2.00. The summed E-state index contributed by atoms with van der Waals surface area (Å²) in [5, 5.41) is 17.2. The van der Waals surface area contributed by atoms with Crippen molar-refractivity contribution in [3.8, 4) is 11.5 Å². The van der Waals surface area contributed by atoms with Crippen molar-refractivity contribution in [1.82, 2.24) is 15.4 Å². The normalized spacial score (nSPS) is 10.4. The van der Waals surface area contributed by atoms with E-state index < -0.39 is 5.91 Å². The molecule has 0 bridgehead atoms. The largest absolute Gasteiger partial charge is 0.403 e. The first kappa shape index (κ1) is 10.7. The Hall–Kier alpha value is -2.48. The van der Waals surface area contributed by atoms with E-state index in [1.165, 1.54) is 23.6 Å². The lowest BCUT2D eigenvalue weighted by Gasteiger charge is -1.94. The molecule has 0 aliphatic rings. The van der Waals surface area contributed by atoms with Crippen molar-refractivity contribution in [3.05, 3.63) is 34.8 Å². The number of anilines is 1. The molecule has 0 spiro atoms. The van der Waals surface area contributed by atoms with Crippen LogP contribution in [0.4, 0.5) is 6.01 Å². The number of rotatable bonds is 3. The number of nitrogens with zero attached hydrogens (tertiary/aromatic N) is 3. The van der Waals surface area contributed by atoms with Crippen molar-refractivity contribution in [2.75, 3.05) is 5.32 Å². The predicted molar refractivity (Wildman–Crippen MR) is 62.1 cm³/mol. The number of thiophene rings is 1. The van der Waals surface area contributed by atoms with E-state index in [0.29, 0.717) is 5.89 Å². The summed E-state index contributed by atoms with van der Waals surface area (Å²) in [5.74, 6) is -0.0672. The maximum Gasteiger partial charge on any atom is 0.322 e. The van der Waals surface area contributed by atoms with Gasteiger partial charge in [0, 0.05) is 17.0 Å². The van der Waals surface area contributed by atoms with Gasteiger partial charge in [-0.25, -0.2) is 0 Å². The zero-order chi connectivity index (χ0) is 12.4. The molecule has 0 fully saturated rings. The molecule has 0 atom stereocenters. The maximum atomic E-state index is 11.6. The van der Waals surface area contributed by atoms with Crippen LogP contribution in [0.1, 0.15) is 10.6 Å². The van der Waals surface area contributed by atoms with Crippen LogP contribution in [0, 0.1) is 0 Å². The van der Waals surface area contributed by atoms with E-state index >= 15 is 0 Å². The molecule has 90 valence electrons. The van der Waals surface area contributed by atoms with Gasteiger partial charge in [0.05, 0.1) is 6.20 Å². The monoisotopic (exact) mass is 262 g/mol. The molecule has 3 aromatic heterocycles. The van der Waals surface area contributed by atoms with Crippen molar-refractivity contribution in [2.24, 2.45) is 0 Å². The van der Waals surface area contributed by atoms with Crippen LogP contribution in [0.25, 0.3) is 11.5 Å². The van der Waals surface area contributed by atoms with E-state index in [9.17, 15) is 4.79 Å². The van der Waals surface area contributed by atoms with E-state index in [-0.39, 0.29) is 11.8 Å². The van der Waals surface area contributed by atoms with E-state index in [1.54, 1.807) is 0 Å². The molecule has 1 N–H and O–H groups in total. The minimum Gasteiger partial charge on any atom is -0.403 e. The minimum atomic E-state index is -0.493. The zero-order valence-electron chi connectivity index (χ0n) is 8.86. The molecule has 3 rings (SSSR count). The van der Waals surface area contributed by atoms with Gasteiger partial charge in [-0.3, -0.25) is 10.1 Å². The van der Waals surface area contributed by atoms with E-state index in [1.807, 2.05) is 16.8 Å². The van der Waals surface area contributed by atoms with Crippen molar-refractivity contribution >= 4 is 23.3 Å². The zero-order valence-corrected chi connectivity index (χ0v) is 9.68. The van der Waals surface area contributed by atoms with E-state index in [2.05, 4.69) is 20.7 Å². The summed E-state index contributed by atoms with van der Waals surface area (Å²) in [4.78, 5) is 11.6. The Labute approximate surface area is 104 Å². The molecular formula is C10H6N4O3S. The minimum absolute atomic E-state index is 0.0117. The molecule has 3 aromatic rings. The lowest BCUT2D eigenvalue weighted by molar-refractivity contribution is 0.0985. The van der Waals surface area contributed by atoms with Crippen LogP contribution in [0.15, 0.2) is 38.0 Å². The van der Waals surface area contributed by atoms with Gasteiger partial charge in [0.15, 0.2) is 0 Å². The first-order valence-corrected chi connectivity index (χ1v) is 5.85. The molecule has 0 saturated carbocycles. The third-order valence-electron chi connectivity index (χ3n) is 2.08. The SMILES string of the molecule is O=C(Nc1nnc(-c2ccsc2)o1)c1ccno1. The number of carbonyl (C=O) groups excluding carboxylic acids is 1. The number of carbonyl (C=O) groups is 1. The summed E-state index contributed by atoms with van der Waals surface area (Å²) in [5.41, 5.74) is 0.813. The fraction of sp³-hybridized carbons (Fsp3) is 0. The van der Waals surface area contributed by atoms with Crippen molar-refractivity contribution < 1.29 is 13.7 Å². The molecule has 8 heteroatoms. The van der Waals surface area contributed by atoms with Gasteiger partial charge in [-0.2, -0.15) is 11.3 Å². The van der Waals surface area contributed by atoms with Crippen molar-refractivity contribution in [3.63, 3.8) is 0 Å². The van der Waals surface area contributed by atoms with Crippen LogP contribution in [0.2, 0.25) is 0 Å². The second kappa shape index (κ2) is 4.41. The molecule has 0 radical (unpaired) electrons. The van der Waals surface area contributed by atoms with Gasteiger partial charge in [-0.05, 0) is 11.4 Å². The van der Waals surface area contributed by atoms with Crippen LogP contribution in [-0.2, 0) is 0 Å². The van der Waals surface area contributed by atoms with Gasteiger partial charge in [0.1, 0.15) is 0 Å². The molecule has 7 nitrogen and oxygen atoms in total. The summed E-state index contributed by atoms with van der Waals surface area (Å²) in [6, 6.07) is 3.30. The molecule has 3 heterocycles. The second-order valence-corrected chi connectivity index (χ2v) is 4.04. The summed E-state index contributed by atoms with van der Waals surface area (Å²) in [6.07, 6.45) is 1.37. The molecule has 0 saturated heterocycles. The summed E-state index contributed by atoms with van der Waals surface area (Å²) in [7, 11) is 0. The molecule has 0 aliphatic heterocycles. The van der Waals surface area contributed by atoms with Crippen LogP contribution in [0.5, 0.6) is 0 Å². The number of nitrogens with one attached hydrogen (secondary N) is 1.